The van der Waals surface area contributed by atoms with Gasteiger partial charge in [-0.2, -0.15) is 0 Å². The van der Waals surface area contributed by atoms with Crippen LogP contribution in [0.5, 0.6) is 11.5 Å². The Bertz CT molecular complexity index is 677. The highest BCUT2D eigenvalue weighted by atomic mass is 32.2. The minimum atomic E-state index is -2.99. The van der Waals surface area contributed by atoms with E-state index >= 15 is 0 Å². The molecule has 148 valence electrons. The van der Waals surface area contributed by atoms with Gasteiger partial charge in [-0.25, -0.2) is 13.4 Å². The Labute approximate surface area is 155 Å². The molecule has 1 aromatic carbocycles. The molecule has 0 spiro atoms. The number of hydrogen-bond acceptors (Lipinski definition) is 6. The summed E-state index contributed by atoms with van der Waals surface area (Å²) in [5, 5.41) is 6.30. The van der Waals surface area contributed by atoms with Gasteiger partial charge in [0, 0.05) is 19.3 Å². The van der Waals surface area contributed by atoms with Crippen LogP contribution >= 0.6 is 0 Å². The van der Waals surface area contributed by atoms with E-state index in [2.05, 4.69) is 15.6 Å². The summed E-state index contributed by atoms with van der Waals surface area (Å²) in [5.74, 6) is 2.03. The first kappa shape index (κ1) is 22.0. The van der Waals surface area contributed by atoms with Gasteiger partial charge in [-0.15, -0.1) is 0 Å². The zero-order valence-electron chi connectivity index (χ0n) is 15.9. The van der Waals surface area contributed by atoms with Crippen molar-refractivity contribution in [2.75, 3.05) is 52.5 Å². The summed E-state index contributed by atoms with van der Waals surface area (Å²) in [5.41, 5.74) is 0.990. The second kappa shape index (κ2) is 11.6. The van der Waals surface area contributed by atoms with Gasteiger partial charge < -0.3 is 24.8 Å². The topological polar surface area (TPSA) is 98.2 Å². The van der Waals surface area contributed by atoms with Crippen LogP contribution in [-0.4, -0.2) is 66.9 Å². The number of methoxy groups -OCH3 is 2. The lowest BCUT2D eigenvalue weighted by Crippen LogP contribution is -2.39. The van der Waals surface area contributed by atoms with Gasteiger partial charge in [0.15, 0.2) is 17.5 Å². The van der Waals surface area contributed by atoms with Crippen molar-refractivity contribution in [3.05, 3.63) is 23.8 Å². The Morgan fingerprint density at radius 3 is 2.46 bits per heavy atom. The average molecular weight is 388 g/mol. The van der Waals surface area contributed by atoms with Crippen LogP contribution in [0.3, 0.4) is 0 Å². The molecular formula is C17H29N3O5S. The van der Waals surface area contributed by atoms with Crippen LogP contribution in [0.1, 0.15) is 12.5 Å². The lowest BCUT2D eigenvalue weighted by Gasteiger charge is -2.12. The Morgan fingerprint density at radius 2 is 1.85 bits per heavy atom. The Morgan fingerprint density at radius 1 is 1.12 bits per heavy atom. The average Bonchev–Trinajstić information content (AvgIpc) is 2.61. The molecule has 0 aromatic heterocycles. The summed E-state index contributed by atoms with van der Waals surface area (Å²) >= 11 is 0. The normalized spacial score (nSPS) is 11.9. The number of ether oxygens (including phenoxy) is 3. The predicted octanol–water partition coefficient (Wildman–Crippen LogP) is 0.820. The molecule has 0 saturated heterocycles. The van der Waals surface area contributed by atoms with Gasteiger partial charge >= 0.3 is 0 Å². The number of aliphatic imine (C=N–C) groups is 1. The number of nitrogens with one attached hydrogen (secondary N) is 2. The summed E-state index contributed by atoms with van der Waals surface area (Å²) in [6.07, 6.45) is 1.19. The standard InChI is InChI=1S/C17H29N3O5S/c1-5-18-17(19-8-9-25-10-11-26(4,21)22)20-13-14-6-7-15(23-2)16(12-14)24-3/h6-7,12H,5,8-11,13H2,1-4H3,(H2,18,19,20). The number of nitrogens with zero attached hydrogens (tertiary/aromatic N) is 1. The van der Waals surface area contributed by atoms with Gasteiger partial charge in [0.05, 0.1) is 39.7 Å². The van der Waals surface area contributed by atoms with Crippen molar-refractivity contribution in [2.45, 2.75) is 13.5 Å². The van der Waals surface area contributed by atoms with Crippen LogP contribution in [0.2, 0.25) is 0 Å². The van der Waals surface area contributed by atoms with Gasteiger partial charge in [-0.05, 0) is 24.6 Å². The smallest absolute Gasteiger partial charge is 0.191 e. The SMILES string of the molecule is CCNC(=NCc1ccc(OC)c(OC)c1)NCCOCCS(C)(=O)=O. The molecule has 1 aromatic rings. The fourth-order valence-corrected chi connectivity index (χ4v) is 2.47. The van der Waals surface area contributed by atoms with Crippen LogP contribution in [0, 0.1) is 0 Å². The van der Waals surface area contributed by atoms with Crippen LogP contribution in [0.4, 0.5) is 0 Å². The Balaban J connectivity index is 2.50. The first-order valence-corrected chi connectivity index (χ1v) is 10.4. The third-order valence-electron chi connectivity index (χ3n) is 3.35. The highest BCUT2D eigenvalue weighted by molar-refractivity contribution is 7.90. The van der Waals surface area contributed by atoms with Gasteiger partial charge in [0.25, 0.3) is 0 Å². The summed E-state index contributed by atoms with van der Waals surface area (Å²) in [4.78, 5) is 4.52. The molecule has 0 amide bonds. The molecule has 0 unspecified atom stereocenters. The van der Waals surface area contributed by atoms with E-state index < -0.39 is 9.84 Å². The second-order valence-electron chi connectivity index (χ2n) is 5.55. The van der Waals surface area contributed by atoms with E-state index in [9.17, 15) is 8.42 Å². The first-order chi connectivity index (χ1) is 12.4. The maximum Gasteiger partial charge on any atom is 0.191 e. The molecule has 0 bridgehead atoms. The molecule has 0 saturated carbocycles. The largest absolute Gasteiger partial charge is 0.493 e. The molecule has 9 heteroatoms. The summed E-state index contributed by atoms with van der Waals surface area (Å²) < 4.78 is 37.9. The van der Waals surface area contributed by atoms with Gasteiger partial charge in [0.1, 0.15) is 9.84 Å². The summed E-state index contributed by atoms with van der Waals surface area (Å²) in [7, 11) is 0.209. The first-order valence-electron chi connectivity index (χ1n) is 8.38. The van der Waals surface area contributed by atoms with Gasteiger partial charge in [-0.3, -0.25) is 0 Å². The third-order valence-corrected chi connectivity index (χ3v) is 4.26. The number of sulfone groups is 1. The molecule has 0 atom stereocenters. The van der Waals surface area contributed by atoms with Crippen LogP contribution in [0.15, 0.2) is 23.2 Å². The van der Waals surface area contributed by atoms with Crippen molar-refractivity contribution in [1.29, 1.82) is 0 Å². The summed E-state index contributed by atoms with van der Waals surface area (Å²) in [6, 6.07) is 5.67. The quantitative estimate of drug-likeness (QED) is 0.329. The van der Waals surface area contributed by atoms with Crippen LogP contribution in [-0.2, 0) is 21.1 Å². The molecule has 0 aliphatic rings. The highest BCUT2D eigenvalue weighted by Crippen LogP contribution is 2.27. The maximum absolute atomic E-state index is 11.0. The van der Waals surface area contributed by atoms with Crippen molar-refractivity contribution >= 4 is 15.8 Å². The Kier molecular flexibility index (Phi) is 9.82. The minimum absolute atomic E-state index is 0.0282. The van der Waals surface area contributed by atoms with E-state index in [-0.39, 0.29) is 12.4 Å². The molecule has 2 N–H and O–H groups in total. The fourth-order valence-electron chi connectivity index (χ4n) is 2.05. The zero-order chi connectivity index (χ0) is 19.4. The summed E-state index contributed by atoms with van der Waals surface area (Å²) in [6.45, 7) is 4.31. The molecule has 0 radical (unpaired) electrons. The molecule has 0 fully saturated rings. The van der Waals surface area contributed by atoms with E-state index in [0.717, 1.165) is 12.1 Å². The van der Waals surface area contributed by atoms with Crippen molar-refractivity contribution in [1.82, 2.24) is 10.6 Å². The van der Waals surface area contributed by atoms with E-state index in [1.807, 2.05) is 25.1 Å². The molecule has 0 heterocycles. The van der Waals surface area contributed by atoms with Crippen LogP contribution < -0.4 is 20.1 Å². The molecule has 0 aliphatic heterocycles. The minimum Gasteiger partial charge on any atom is -0.493 e. The van der Waals surface area contributed by atoms with Crippen LogP contribution in [0.25, 0.3) is 0 Å². The zero-order valence-corrected chi connectivity index (χ0v) is 16.7. The van der Waals surface area contributed by atoms with Crippen molar-refractivity contribution in [2.24, 2.45) is 4.99 Å². The maximum atomic E-state index is 11.0. The second-order valence-corrected chi connectivity index (χ2v) is 7.81. The number of rotatable bonds is 11. The molecule has 0 aliphatic carbocycles. The monoisotopic (exact) mass is 387 g/mol. The molecule has 26 heavy (non-hydrogen) atoms. The van der Waals surface area contributed by atoms with E-state index in [1.165, 1.54) is 6.26 Å². The molecular weight excluding hydrogens is 358 g/mol. The van der Waals surface area contributed by atoms with E-state index in [4.69, 9.17) is 14.2 Å². The predicted molar refractivity (Wildman–Crippen MR) is 103 cm³/mol. The number of guanidine groups is 1. The van der Waals surface area contributed by atoms with Gasteiger partial charge in [0.2, 0.25) is 0 Å². The van der Waals surface area contributed by atoms with Crippen molar-refractivity contribution < 1.29 is 22.6 Å². The van der Waals surface area contributed by atoms with Gasteiger partial charge in [-0.1, -0.05) is 6.07 Å². The fraction of sp³-hybridized carbons (Fsp3) is 0.588. The Hall–Kier alpha value is -2.00. The van der Waals surface area contributed by atoms with Crippen molar-refractivity contribution in [3.8, 4) is 11.5 Å². The number of benzene rings is 1. The molecule has 1 rings (SSSR count). The lowest BCUT2D eigenvalue weighted by molar-refractivity contribution is 0.154. The van der Waals surface area contributed by atoms with Crippen molar-refractivity contribution in [3.63, 3.8) is 0 Å². The van der Waals surface area contributed by atoms with E-state index in [1.54, 1.807) is 14.2 Å². The highest BCUT2D eigenvalue weighted by Gasteiger charge is 2.05. The number of hydrogen-bond donors (Lipinski definition) is 2. The molecule has 8 nitrogen and oxygen atoms in total. The third kappa shape index (κ3) is 8.91. The lowest BCUT2D eigenvalue weighted by atomic mass is 10.2. The van der Waals surface area contributed by atoms with E-state index in [0.29, 0.717) is 37.2 Å².